The molecule has 1 heterocycles. The molecule has 0 saturated heterocycles. The van der Waals surface area contributed by atoms with E-state index in [-0.39, 0.29) is 5.91 Å². The minimum Gasteiger partial charge on any atom is -0.397 e. The van der Waals surface area contributed by atoms with Crippen molar-refractivity contribution in [2.45, 2.75) is 58.1 Å². The van der Waals surface area contributed by atoms with Crippen molar-refractivity contribution in [3.05, 3.63) is 18.0 Å². The van der Waals surface area contributed by atoms with Gasteiger partial charge in [-0.05, 0) is 44.6 Å². The van der Waals surface area contributed by atoms with Gasteiger partial charge in [0.1, 0.15) is 5.69 Å². The van der Waals surface area contributed by atoms with E-state index in [1.807, 2.05) is 11.5 Å². The van der Waals surface area contributed by atoms with Crippen molar-refractivity contribution in [1.82, 2.24) is 9.88 Å². The van der Waals surface area contributed by atoms with Gasteiger partial charge in [-0.1, -0.05) is 13.3 Å². The molecule has 5 heteroatoms. The van der Waals surface area contributed by atoms with E-state index in [4.69, 9.17) is 5.73 Å². The summed E-state index contributed by atoms with van der Waals surface area (Å²) in [5.41, 5.74) is 6.13. The molecule has 0 unspecified atom stereocenters. The monoisotopic (exact) mass is 293 g/mol. The molecule has 0 bridgehead atoms. The Bertz CT molecular complexity index is 488. The largest absolute Gasteiger partial charge is 0.397 e. The van der Waals surface area contributed by atoms with E-state index in [1.54, 1.807) is 12.3 Å². The normalized spacial score (nSPS) is 25.8. The summed E-state index contributed by atoms with van der Waals surface area (Å²) in [4.78, 5) is 12.2. The first-order valence-electron chi connectivity index (χ1n) is 7.93. The van der Waals surface area contributed by atoms with Gasteiger partial charge in [0.15, 0.2) is 0 Å². The standard InChI is InChI=1S/C16H27N3O2/c1-3-12-5-7-16(21,8-6-12)11-18-15(20)14-9-13(17)10-19(14)4-2/h9-10,12,21H,3-8,11,17H2,1-2H3,(H,18,20). The van der Waals surface area contributed by atoms with Gasteiger partial charge in [0, 0.05) is 19.3 Å². The van der Waals surface area contributed by atoms with Gasteiger partial charge in [-0.3, -0.25) is 4.79 Å². The molecule has 1 saturated carbocycles. The van der Waals surface area contributed by atoms with Crippen molar-refractivity contribution in [2.75, 3.05) is 12.3 Å². The smallest absolute Gasteiger partial charge is 0.268 e. The zero-order valence-electron chi connectivity index (χ0n) is 13.1. The van der Waals surface area contributed by atoms with Gasteiger partial charge in [0.05, 0.1) is 11.3 Å². The molecular formula is C16H27N3O2. The number of hydrogen-bond donors (Lipinski definition) is 3. The number of carbonyl (C=O) groups is 1. The molecule has 1 fully saturated rings. The van der Waals surface area contributed by atoms with Gasteiger partial charge in [-0.15, -0.1) is 0 Å². The minimum atomic E-state index is -0.753. The number of nitrogens with one attached hydrogen (secondary N) is 1. The maximum absolute atomic E-state index is 12.2. The molecule has 118 valence electrons. The predicted molar refractivity (Wildman–Crippen MR) is 84.1 cm³/mol. The van der Waals surface area contributed by atoms with Crippen molar-refractivity contribution >= 4 is 11.6 Å². The average Bonchev–Trinajstić information content (AvgIpc) is 2.87. The van der Waals surface area contributed by atoms with Crippen LogP contribution in [-0.2, 0) is 6.54 Å². The van der Waals surface area contributed by atoms with E-state index in [1.165, 1.54) is 6.42 Å². The van der Waals surface area contributed by atoms with E-state index in [0.29, 0.717) is 24.5 Å². The lowest BCUT2D eigenvalue weighted by molar-refractivity contribution is -0.00793. The summed E-state index contributed by atoms with van der Waals surface area (Å²) in [5, 5.41) is 13.4. The van der Waals surface area contributed by atoms with Crippen LogP contribution in [0.3, 0.4) is 0 Å². The van der Waals surface area contributed by atoms with Crippen LogP contribution in [0.5, 0.6) is 0 Å². The van der Waals surface area contributed by atoms with Gasteiger partial charge in [0.2, 0.25) is 0 Å². The minimum absolute atomic E-state index is 0.167. The number of aryl methyl sites for hydroxylation is 1. The topological polar surface area (TPSA) is 80.3 Å². The summed E-state index contributed by atoms with van der Waals surface area (Å²) in [6.45, 7) is 5.18. The van der Waals surface area contributed by atoms with Gasteiger partial charge < -0.3 is 20.7 Å². The summed E-state index contributed by atoms with van der Waals surface area (Å²) < 4.78 is 1.82. The third-order valence-electron chi connectivity index (χ3n) is 4.68. The van der Waals surface area contributed by atoms with Crippen molar-refractivity contribution in [1.29, 1.82) is 0 Å². The Morgan fingerprint density at radius 3 is 2.71 bits per heavy atom. The number of nitrogens with zero attached hydrogens (tertiary/aromatic N) is 1. The Hall–Kier alpha value is -1.49. The van der Waals surface area contributed by atoms with E-state index in [2.05, 4.69) is 12.2 Å². The SMILES string of the molecule is CCC1CCC(O)(CNC(=O)c2cc(N)cn2CC)CC1. The molecule has 1 aromatic heterocycles. The van der Waals surface area contributed by atoms with Crippen molar-refractivity contribution in [3.63, 3.8) is 0 Å². The number of anilines is 1. The lowest BCUT2D eigenvalue weighted by Crippen LogP contribution is -2.45. The van der Waals surface area contributed by atoms with Crippen molar-refractivity contribution in [2.24, 2.45) is 5.92 Å². The second-order valence-electron chi connectivity index (χ2n) is 6.20. The van der Waals surface area contributed by atoms with Crippen LogP contribution < -0.4 is 11.1 Å². The molecule has 2 rings (SSSR count). The van der Waals surface area contributed by atoms with Crippen LogP contribution in [0.25, 0.3) is 0 Å². The second-order valence-corrected chi connectivity index (χ2v) is 6.20. The Kier molecular flexibility index (Phi) is 4.93. The molecule has 0 aliphatic heterocycles. The predicted octanol–water partition coefficient (Wildman–Crippen LogP) is 2.15. The zero-order chi connectivity index (χ0) is 15.5. The van der Waals surface area contributed by atoms with E-state index < -0.39 is 5.60 Å². The molecular weight excluding hydrogens is 266 g/mol. The van der Waals surface area contributed by atoms with Crippen LogP contribution in [0.15, 0.2) is 12.3 Å². The Morgan fingerprint density at radius 2 is 2.14 bits per heavy atom. The number of carbonyl (C=O) groups excluding carboxylic acids is 1. The average molecular weight is 293 g/mol. The lowest BCUT2D eigenvalue weighted by atomic mass is 9.78. The third kappa shape index (κ3) is 3.79. The first-order chi connectivity index (χ1) is 9.97. The molecule has 0 radical (unpaired) electrons. The van der Waals surface area contributed by atoms with Crippen molar-refractivity contribution in [3.8, 4) is 0 Å². The Morgan fingerprint density at radius 1 is 1.48 bits per heavy atom. The molecule has 1 aromatic rings. The zero-order valence-corrected chi connectivity index (χ0v) is 13.1. The first-order valence-corrected chi connectivity index (χ1v) is 7.93. The molecule has 1 amide bonds. The van der Waals surface area contributed by atoms with E-state index in [0.717, 1.165) is 31.6 Å². The van der Waals surface area contributed by atoms with Gasteiger partial charge in [0.25, 0.3) is 5.91 Å². The maximum atomic E-state index is 12.2. The van der Waals surface area contributed by atoms with Crippen LogP contribution in [0, 0.1) is 5.92 Å². The van der Waals surface area contributed by atoms with Crippen LogP contribution in [-0.4, -0.2) is 27.7 Å². The van der Waals surface area contributed by atoms with Crippen LogP contribution in [0.4, 0.5) is 5.69 Å². The quantitative estimate of drug-likeness (QED) is 0.778. The lowest BCUT2D eigenvalue weighted by Gasteiger charge is -2.35. The summed E-state index contributed by atoms with van der Waals surface area (Å²) in [6, 6.07) is 1.68. The third-order valence-corrected chi connectivity index (χ3v) is 4.68. The highest BCUT2D eigenvalue weighted by Gasteiger charge is 2.33. The Balaban J connectivity index is 1.92. The number of nitrogens with two attached hydrogens (primary N) is 1. The first kappa shape index (κ1) is 15.9. The Labute approximate surface area is 126 Å². The van der Waals surface area contributed by atoms with Crippen molar-refractivity contribution < 1.29 is 9.90 Å². The fourth-order valence-corrected chi connectivity index (χ4v) is 3.12. The fourth-order valence-electron chi connectivity index (χ4n) is 3.12. The molecule has 1 aliphatic rings. The van der Waals surface area contributed by atoms with Crippen LogP contribution >= 0.6 is 0 Å². The van der Waals surface area contributed by atoms with Gasteiger partial charge >= 0.3 is 0 Å². The molecule has 0 spiro atoms. The summed E-state index contributed by atoms with van der Waals surface area (Å²) in [7, 11) is 0. The maximum Gasteiger partial charge on any atom is 0.268 e. The molecule has 1 aliphatic carbocycles. The molecule has 0 aromatic carbocycles. The second kappa shape index (κ2) is 6.52. The van der Waals surface area contributed by atoms with Gasteiger partial charge in [-0.25, -0.2) is 0 Å². The van der Waals surface area contributed by atoms with E-state index >= 15 is 0 Å². The highest BCUT2D eigenvalue weighted by atomic mass is 16.3. The number of amides is 1. The molecule has 21 heavy (non-hydrogen) atoms. The summed E-state index contributed by atoms with van der Waals surface area (Å²) in [6.07, 6.45) is 6.55. The van der Waals surface area contributed by atoms with E-state index in [9.17, 15) is 9.90 Å². The number of hydrogen-bond acceptors (Lipinski definition) is 3. The summed E-state index contributed by atoms with van der Waals surface area (Å²) in [5.74, 6) is 0.553. The summed E-state index contributed by atoms with van der Waals surface area (Å²) >= 11 is 0. The number of aliphatic hydroxyl groups is 1. The number of nitrogen functional groups attached to an aromatic ring is 1. The van der Waals surface area contributed by atoms with Crippen LogP contribution in [0.1, 0.15) is 56.4 Å². The highest BCUT2D eigenvalue weighted by Crippen LogP contribution is 2.33. The highest BCUT2D eigenvalue weighted by molar-refractivity contribution is 5.93. The van der Waals surface area contributed by atoms with Crippen LogP contribution in [0.2, 0.25) is 0 Å². The number of rotatable bonds is 5. The van der Waals surface area contributed by atoms with Gasteiger partial charge in [-0.2, -0.15) is 0 Å². The fraction of sp³-hybridized carbons (Fsp3) is 0.688. The number of aromatic nitrogens is 1. The molecule has 5 nitrogen and oxygen atoms in total. The molecule has 4 N–H and O–H groups in total. The molecule has 0 atom stereocenters.